The maximum atomic E-state index is 5.78. The molecule has 2 heterocycles. The minimum Gasteiger partial charge on any atom is -0.497 e. The van der Waals surface area contributed by atoms with Crippen LogP contribution in [-0.2, 0) is 12.3 Å². The van der Waals surface area contributed by atoms with Crippen molar-refractivity contribution in [2.45, 2.75) is 24.4 Å². The zero-order valence-electron chi connectivity index (χ0n) is 16.9. The summed E-state index contributed by atoms with van der Waals surface area (Å²) in [4.78, 5) is 0. The normalized spacial score (nSPS) is 10.9. The summed E-state index contributed by atoms with van der Waals surface area (Å²) in [5.74, 6) is 3.68. The molecule has 0 bridgehead atoms. The number of thioether (sulfide) groups is 1. The van der Waals surface area contributed by atoms with E-state index in [1.54, 1.807) is 14.2 Å². The molecule has 9 heteroatoms. The lowest BCUT2D eigenvalue weighted by atomic mass is 10.2. The first-order valence-electron chi connectivity index (χ1n) is 9.39. The van der Waals surface area contributed by atoms with Gasteiger partial charge in [0.25, 0.3) is 0 Å². The van der Waals surface area contributed by atoms with E-state index in [4.69, 9.17) is 13.9 Å². The molecule has 8 nitrogen and oxygen atoms in total. The van der Waals surface area contributed by atoms with Crippen molar-refractivity contribution >= 4 is 11.8 Å². The van der Waals surface area contributed by atoms with Gasteiger partial charge in [0.1, 0.15) is 11.5 Å². The van der Waals surface area contributed by atoms with Crippen LogP contribution < -0.4 is 9.47 Å². The quantitative estimate of drug-likeness (QED) is 0.387. The van der Waals surface area contributed by atoms with Crippen molar-refractivity contribution < 1.29 is 13.9 Å². The fourth-order valence-corrected chi connectivity index (χ4v) is 3.81. The molecule has 0 aliphatic rings. The molecule has 0 unspecified atom stereocenters. The van der Waals surface area contributed by atoms with E-state index < -0.39 is 0 Å². The fraction of sp³-hybridized carbons (Fsp3) is 0.238. The van der Waals surface area contributed by atoms with Crippen LogP contribution in [0.3, 0.4) is 0 Å². The molecule has 0 aliphatic heterocycles. The summed E-state index contributed by atoms with van der Waals surface area (Å²) in [6.07, 6.45) is 0. The van der Waals surface area contributed by atoms with Crippen LogP contribution in [-0.4, -0.2) is 39.2 Å². The van der Waals surface area contributed by atoms with Gasteiger partial charge in [-0.2, -0.15) is 0 Å². The van der Waals surface area contributed by atoms with Crippen molar-refractivity contribution in [2.75, 3.05) is 14.2 Å². The molecule has 0 atom stereocenters. The summed E-state index contributed by atoms with van der Waals surface area (Å²) in [5, 5.41) is 17.8. The number of hydrogen-bond donors (Lipinski definition) is 0. The Bertz CT molecular complexity index is 1100. The van der Waals surface area contributed by atoms with Gasteiger partial charge in [0, 0.05) is 23.7 Å². The molecule has 4 rings (SSSR count). The molecule has 0 fully saturated rings. The maximum Gasteiger partial charge on any atom is 0.247 e. The number of nitrogens with zero attached hydrogens (tertiary/aromatic N) is 5. The highest BCUT2D eigenvalue weighted by atomic mass is 32.2. The lowest BCUT2D eigenvalue weighted by Gasteiger charge is -2.10. The van der Waals surface area contributed by atoms with Gasteiger partial charge >= 0.3 is 0 Å². The zero-order chi connectivity index (χ0) is 20.9. The smallest absolute Gasteiger partial charge is 0.247 e. The van der Waals surface area contributed by atoms with Crippen LogP contribution in [0.1, 0.15) is 12.8 Å². The third kappa shape index (κ3) is 4.16. The Hall–Kier alpha value is -3.33. The summed E-state index contributed by atoms with van der Waals surface area (Å²) in [5.41, 5.74) is 1.77. The summed E-state index contributed by atoms with van der Waals surface area (Å²) in [6, 6.07) is 15.4. The van der Waals surface area contributed by atoms with Gasteiger partial charge in [-0.25, -0.2) is 0 Å². The molecule has 0 spiro atoms. The van der Waals surface area contributed by atoms with Gasteiger partial charge in [-0.15, -0.1) is 20.4 Å². The summed E-state index contributed by atoms with van der Waals surface area (Å²) < 4.78 is 18.6. The van der Waals surface area contributed by atoms with Crippen molar-refractivity contribution in [3.8, 4) is 34.3 Å². The SMILES string of the molecule is CCn1c(SCc2nnc(-c3ccccc3)o2)nnc1-c1cc(OC)cc(OC)c1. The van der Waals surface area contributed by atoms with Crippen LogP contribution in [0.5, 0.6) is 11.5 Å². The summed E-state index contributed by atoms with van der Waals surface area (Å²) >= 11 is 1.50. The number of methoxy groups -OCH3 is 2. The molecule has 0 radical (unpaired) electrons. The van der Waals surface area contributed by atoms with Crippen LogP contribution in [0.25, 0.3) is 22.8 Å². The molecule has 2 aromatic heterocycles. The van der Waals surface area contributed by atoms with E-state index in [0.717, 1.165) is 22.1 Å². The van der Waals surface area contributed by atoms with E-state index in [9.17, 15) is 0 Å². The molecule has 2 aromatic carbocycles. The van der Waals surface area contributed by atoms with Crippen LogP contribution in [0, 0.1) is 0 Å². The number of aromatic nitrogens is 5. The summed E-state index contributed by atoms with van der Waals surface area (Å²) in [7, 11) is 3.25. The van der Waals surface area contributed by atoms with Gasteiger partial charge in [-0.1, -0.05) is 30.0 Å². The predicted molar refractivity (Wildman–Crippen MR) is 114 cm³/mol. The number of benzene rings is 2. The number of ether oxygens (including phenoxy) is 2. The highest BCUT2D eigenvalue weighted by Gasteiger charge is 2.17. The Balaban J connectivity index is 1.54. The topological polar surface area (TPSA) is 88.1 Å². The van der Waals surface area contributed by atoms with E-state index >= 15 is 0 Å². The first kappa shape index (κ1) is 20.0. The Kier molecular flexibility index (Phi) is 5.99. The fourth-order valence-electron chi connectivity index (χ4n) is 2.97. The van der Waals surface area contributed by atoms with Gasteiger partial charge in [0.15, 0.2) is 11.0 Å². The lowest BCUT2D eigenvalue weighted by Crippen LogP contribution is -2.00. The minimum atomic E-state index is 0.499. The highest BCUT2D eigenvalue weighted by Crippen LogP contribution is 2.31. The molecular formula is C21H21N5O3S. The minimum absolute atomic E-state index is 0.499. The van der Waals surface area contributed by atoms with E-state index in [2.05, 4.69) is 27.3 Å². The molecule has 30 heavy (non-hydrogen) atoms. The van der Waals surface area contributed by atoms with Crippen LogP contribution >= 0.6 is 11.8 Å². The first-order chi connectivity index (χ1) is 14.7. The van der Waals surface area contributed by atoms with Crippen molar-refractivity contribution in [3.05, 3.63) is 54.4 Å². The Morgan fingerprint density at radius 2 is 1.63 bits per heavy atom. The monoisotopic (exact) mass is 423 g/mol. The van der Waals surface area contributed by atoms with E-state index in [1.807, 2.05) is 53.1 Å². The molecule has 4 aromatic rings. The molecule has 0 saturated carbocycles. The predicted octanol–water partition coefficient (Wildman–Crippen LogP) is 4.32. The molecule has 0 N–H and O–H groups in total. The third-order valence-electron chi connectivity index (χ3n) is 4.46. The van der Waals surface area contributed by atoms with Crippen LogP contribution in [0.4, 0.5) is 0 Å². The molecular weight excluding hydrogens is 402 g/mol. The maximum absolute atomic E-state index is 5.78. The van der Waals surface area contributed by atoms with Gasteiger partial charge in [0.05, 0.1) is 20.0 Å². The largest absolute Gasteiger partial charge is 0.497 e. The average molecular weight is 423 g/mol. The standard InChI is InChI=1S/C21H21N5O3S/c1-4-26-19(15-10-16(27-2)12-17(11-15)28-3)23-25-21(26)30-13-18-22-24-20(29-18)14-8-6-5-7-9-14/h5-12H,4,13H2,1-3H3. The number of hydrogen-bond acceptors (Lipinski definition) is 8. The van der Waals surface area contributed by atoms with Crippen molar-refractivity contribution in [1.82, 2.24) is 25.0 Å². The molecule has 154 valence electrons. The second kappa shape index (κ2) is 9.00. The van der Waals surface area contributed by atoms with E-state index in [-0.39, 0.29) is 0 Å². The molecule has 0 aliphatic carbocycles. The Labute approximate surface area is 178 Å². The lowest BCUT2D eigenvalue weighted by molar-refractivity contribution is 0.394. The van der Waals surface area contributed by atoms with Gasteiger partial charge in [-0.05, 0) is 31.2 Å². The first-order valence-corrected chi connectivity index (χ1v) is 10.4. The van der Waals surface area contributed by atoms with Crippen molar-refractivity contribution in [1.29, 1.82) is 0 Å². The number of rotatable bonds is 8. The van der Waals surface area contributed by atoms with Gasteiger partial charge in [0.2, 0.25) is 11.8 Å². The van der Waals surface area contributed by atoms with Crippen molar-refractivity contribution in [3.63, 3.8) is 0 Å². The van der Waals surface area contributed by atoms with E-state index in [0.29, 0.717) is 35.6 Å². The van der Waals surface area contributed by atoms with Crippen molar-refractivity contribution in [2.24, 2.45) is 0 Å². The second-order valence-corrected chi connectivity index (χ2v) is 7.25. The third-order valence-corrected chi connectivity index (χ3v) is 5.41. The molecule has 0 amide bonds. The van der Waals surface area contributed by atoms with E-state index in [1.165, 1.54) is 11.8 Å². The van der Waals surface area contributed by atoms with Gasteiger partial charge in [-0.3, -0.25) is 0 Å². The molecule has 0 saturated heterocycles. The summed E-state index contributed by atoms with van der Waals surface area (Å²) in [6.45, 7) is 2.76. The zero-order valence-corrected chi connectivity index (χ0v) is 17.7. The Morgan fingerprint density at radius 3 is 2.30 bits per heavy atom. The average Bonchev–Trinajstić information content (AvgIpc) is 3.44. The highest BCUT2D eigenvalue weighted by molar-refractivity contribution is 7.98. The van der Waals surface area contributed by atoms with Crippen LogP contribution in [0.15, 0.2) is 58.1 Å². The second-order valence-electron chi connectivity index (χ2n) is 6.31. The van der Waals surface area contributed by atoms with Crippen LogP contribution in [0.2, 0.25) is 0 Å². The Morgan fingerprint density at radius 1 is 0.900 bits per heavy atom. The van der Waals surface area contributed by atoms with Gasteiger partial charge < -0.3 is 18.5 Å².